The van der Waals surface area contributed by atoms with Crippen molar-refractivity contribution >= 4 is 34.2 Å². The molecule has 2 aromatic heterocycles. The second-order valence-electron chi connectivity index (χ2n) is 13.0. The Bertz CT molecular complexity index is 1510. The molecule has 3 aliphatic heterocycles. The van der Waals surface area contributed by atoms with Crippen molar-refractivity contribution in [3.05, 3.63) is 41.2 Å². The molecule has 0 radical (unpaired) electrons. The third-order valence-corrected chi connectivity index (χ3v) is 10.3. The molecule has 3 saturated heterocycles. The van der Waals surface area contributed by atoms with E-state index in [2.05, 4.69) is 65.0 Å². The van der Waals surface area contributed by atoms with E-state index in [-0.39, 0.29) is 16.9 Å². The number of amides is 1. The summed E-state index contributed by atoms with van der Waals surface area (Å²) in [6.07, 6.45) is 5.35. The van der Waals surface area contributed by atoms with Crippen LogP contribution in [0.15, 0.2) is 24.9 Å². The van der Waals surface area contributed by atoms with Crippen molar-refractivity contribution in [2.45, 2.75) is 58.2 Å². The van der Waals surface area contributed by atoms with Crippen LogP contribution in [0.5, 0.6) is 0 Å². The first-order chi connectivity index (χ1) is 19.1. The topological polar surface area (TPSA) is 82.5 Å². The van der Waals surface area contributed by atoms with Crippen LogP contribution in [0.1, 0.15) is 44.0 Å². The van der Waals surface area contributed by atoms with Gasteiger partial charge in [-0.1, -0.05) is 18.2 Å². The van der Waals surface area contributed by atoms with Crippen molar-refractivity contribution in [2.75, 3.05) is 50.8 Å². The Morgan fingerprint density at radius 2 is 1.90 bits per heavy atom. The summed E-state index contributed by atoms with van der Waals surface area (Å²) in [6.45, 7) is 18.6. The fourth-order valence-electron chi connectivity index (χ4n) is 7.54. The van der Waals surface area contributed by atoms with Crippen molar-refractivity contribution in [2.24, 2.45) is 5.41 Å². The summed E-state index contributed by atoms with van der Waals surface area (Å²) in [5, 5.41) is 14.7. The van der Waals surface area contributed by atoms with Gasteiger partial charge in [-0.05, 0) is 58.2 Å². The van der Waals surface area contributed by atoms with Crippen LogP contribution in [0.25, 0.3) is 22.0 Å². The monoisotopic (exact) mass is 563 g/mol. The van der Waals surface area contributed by atoms with E-state index in [0.29, 0.717) is 12.1 Å². The zero-order valence-electron chi connectivity index (χ0n) is 23.8. The number of halogens is 1. The number of H-pyrrole nitrogens is 1. The number of aryl methyl sites for hydroxylation is 1. The number of nitrogens with zero attached hydrogens (tertiary/aromatic N) is 6. The lowest BCUT2D eigenvalue weighted by Crippen LogP contribution is -2.64. The van der Waals surface area contributed by atoms with Gasteiger partial charge in [0.05, 0.1) is 42.0 Å². The minimum atomic E-state index is -0.125. The number of hydrogen-bond donors (Lipinski definition) is 1. The highest BCUT2D eigenvalue weighted by Gasteiger charge is 2.54. The Kier molecular flexibility index (Phi) is 5.90. The van der Waals surface area contributed by atoms with E-state index >= 15 is 0 Å². The van der Waals surface area contributed by atoms with Gasteiger partial charge in [0.2, 0.25) is 5.91 Å². The highest BCUT2D eigenvalue weighted by molar-refractivity contribution is 6.36. The SMILES string of the molecule is C=CC(=O)N1CC2(CC(n3nc(N4CCN(C5COC5)CC4(C)C)c(-c4c(Cl)c(C)cc5[nH]ncc45)c3C)C2)C1. The molecular weight excluding hydrogens is 526 g/mol. The number of rotatable bonds is 5. The van der Waals surface area contributed by atoms with E-state index in [1.807, 2.05) is 11.1 Å². The molecule has 5 heterocycles. The number of carbonyl (C=O) groups excluding carboxylic acids is 1. The molecule has 0 bridgehead atoms. The van der Waals surface area contributed by atoms with Gasteiger partial charge >= 0.3 is 0 Å². The van der Waals surface area contributed by atoms with Crippen LogP contribution < -0.4 is 4.90 Å². The zero-order chi connectivity index (χ0) is 28.0. The molecule has 1 saturated carbocycles. The molecule has 3 aromatic rings. The van der Waals surface area contributed by atoms with Crippen molar-refractivity contribution in [3.8, 4) is 11.1 Å². The first-order valence-corrected chi connectivity index (χ1v) is 14.7. The number of benzene rings is 1. The van der Waals surface area contributed by atoms with Crippen LogP contribution in [0, 0.1) is 19.3 Å². The second-order valence-corrected chi connectivity index (χ2v) is 13.4. The van der Waals surface area contributed by atoms with E-state index < -0.39 is 0 Å². The summed E-state index contributed by atoms with van der Waals surface area (Å²) in [4.78, 5) is 19.0. The maximum Gasteiger partial charge on any atom is 0.245 e. The van der Waals surface area contributed by atoms with E-state index in [1.54, 1.807) is 0 Å². The van der Waals surface area contributed by atoms with E-state index in [1.165, 1.54) is 6.08 Å². The third kappa shape index (κ3) is 3.84. The Morgan fingerprint density at radius 3 is 2.55 bits per heavy atom. The highest BCUT2D eigenvalue weighted by atomic mass is 35.5. The minimum absolute atomic E-state index is 0.0296. The molecule has 7 rings (SSSR count). The number of carbonyl (C=O) groups is 1. The van der Waals surface area contributed by atoms with E-state index in [4.69, 9.17) is 21.4 Å². The van der Waals surface area contributed by atoms with Gasteiger partial charge in [0.1, 0.15) is 0 Å². The number of aromatic nitrogens is 4. The molecule has 212 valence electrons. The molecule has 1 amide bonds. The van der Waals surface area contributed by atoms with Gasteiger partial charge in [-0.15, -0.1) is 0 Å². The van der Waals surface area contributed by atoms with Crippen LogP contribution in [0.2, 0.25) is 5.02 Å². The number of nitrogens with one attached hydrogen (secondary N) is 1. The maximum atomic E-state index is 12.1. The summed E-state index contributed by atoms with van der Waals surface area (Å²) in [5.74, 6) is 1.03. The zero-order valence-corrected chi connectivity index (χ0v) is 24.6. The summed E-state index contributed by atoms with van der Waals surface area (Å²) in [5.41, 5.74) is 5.32. The Hall–Kier alpha value is -2.88. The summed E-state index contributed by atoms with van der Waals surface area (Å²) in [7, 11) is 0. The average Bonchev–Trinajstić information content (AvgIpc) is 3.41. The first-order valence-electron chi connectivity index (χ1n) is 14.3. The standard InChI is InChI=1S/C30H38ClN7O2/c1-6-24(39)36-16-30(17-36)10-20(11-30)38-19(3)25(26-22-12-32-33-23(22)9-18(2)27(26)31)28(34-38)37-8-7-35(15-29(37,4)5)21-13-40-14-21/h6,9,12,20-21H,1,7-8,10-11,13-17H2,2-5H3,(H,32,33). The summed E-state index contributed by atoms with van der Waals surface area (Å²) in [6, 6.07) is 2.88. The summed E-state index contributed by atoms with van der Waals surface area (Å²) < 4.78 is 7.75. The number of anilines is 1. The van der Waals surface area contributed by atoms with Gasteiger partial charge in [0, 0.05) is 65.9 Å². The van der Waals surface area contributed by atoms with Gasteiger partial charge in [-0.25, -0.2) is 0 Å². The Morgan fingerprint density at radius 1 is 1.15 bits per heavy atom. The first kappa shape index (κ1) is 26.0. The number of hydrogen-bond acceptors (Lipinski definition) is 6. The van der Waals surface area contributed by atoms with Gasteiger partial charge in [-0.3, -0.25) is 19.5 Å². The van der Waals surface area contributed by atoms with Crippen molar-refractivity contribution in [1.29, 1.82) is 0 Å². The van der Waals surface area contributed by atoms with Crippen LogP contribution in [0.3, 0.4) is 0 Å². The van der Waals surface area contributed by atoms with Crippen LogP contribution in [-0.4, -0.2) is 93.2 Å². The van der Waals surface area contributed by atoms with Gasteiger partial charge in [0.15, 0.2) is 5.82 Å². The van der Waals surface area contributed by atoms with Crippen molar-refractivity contribution < 1.29 is 9.53 Å². The van der Waals surface area contributed by atoms with Crippen molar-refractivity contribution in [1.82, 2.24) is 29.8 Å². The van der Waals surface area contributed by atoms with Crippen LogP contribution in [0.4, 0.5) is 5.82 Å². The largest absolute Gasteiger partial charge is 0.378 e. The van der Waals surface area contributed by atoms with Crippen LogP contribution in [-0.2, 0) is 9.53 Å². The Labute approximate surface area is 240 Å². The quantitative estimate of drug-likeness (QED) is 0.465. The third-order valence-electron chi connectivity index (χ3n) is 9.79. The molecule has 9 nitrogen and oxygen atoms in total. The number of aromatic amines is 1. The molecule has 1 N–H and O–H groups in total. The number of likely N-dealkylation sites (tertiary alicyclic amines) is 1. The molecule has 1 aliphatic carbocycles. The van der Waals surface area contributed by atoms with Gasteiger partial charge in [-0.2, -0.15) is 10.2 Å². The fourth-order valence-corrected chi connectivity index (χ4v) is 7.79. The molecular formula is C30H38ClN7O2. The second kappa shape index (κ2) is 9.06. The number of piperazine rings is 1. The fraction of sp³-hybridized carbons (Fsp3) is 0.567. The number of fused-ring (bicyclic) bond motifs is 1. The van der Waals surface area contributed by atoms with Gasteiger partial charge in [0.25, 0.3) is 0 Å². The predicted octanol–water partition coefficient (Wildman–Crippen LogP) is 4.35. The maximum absolute atomic E-state index is 12.1. The molecule has 1 spiro atoms. The van der Waals surface area contributed by atoms with Crippen LogP contribution >= 0.6 is 11.6 Å². The van der Waals surface area contributed by atoms with Gasteiger partial charge < -0.3 is 14.5 Å². The molecule has 4 aliphatic rings. The lowest BCUT2D eigenvalue weighted by atomic mass is 9.60. The molecule has 4 fully saturated rings. The van der Waals surface area contributed by atoms with E-state index in [0.717, 1.165) is 103 Å². The average molecular weight is 564 g/mol. The molecule has 40 heavy (non-hydrogen) atoms. The normalized spacial score (nSPS) is 22.8. The number of ether oxygens (including phenoxy) is 1. The minimum Gasteiger partial charge on any atom is -0.378 e. The lowest BCUT2D eigenvalue weighted by Gasteiger charge is -2.58. The molecule has 0 atom stereocenters. The lowest BCUT2D eigenvalue weighted by molar-refractivity contribution is -0.149. The summed E-state index contributed by atoms with van der Waals surface area (Å²) >= 11 is 7.12. The van der Waals surface area contributed by atoms with E-state index in [9.17, 15) is 4.79 Å². The van der Waals surface area contributed by atoms with Crippen molar-refractivity contribution in [3.63, 3.8) is 0 Å². The molecule has 0 unspecified atom stereocenters. The molecule has 1 aromatic carbocycles. The highest BCUT2D eigenvalue weighted by Crippen LogP contribution is 2.55. The predicted molar refractivity (Wildman–Crippen MR) is 157 cm³/mol. The molecule has 10 heteroatoms. The Balaban J connectivity index is 1.28. The smallest absolute Gasteiger partial charge is 0.245 e.